The third kappa shape index (κ3) is 3.30. The molecular formula is C14H6Cl2F3N3O. The molecule has 1 aromatic carbocycles. The first-order valence-corrected chi connectivity index (χ1v) is 6.93. The van der Waals surface area contributed by atoms with Crippen LogP contribution in [0.3, 0.4) is 0 Å². The van der Waals surface area contributed by atoms with Crippen LogP contribution in [-0.4, -0.2) is 15.2 Å². The fraction of sp³-hybridized carbons (Fsp3) is 0.0714. The Morgan fingerprint density at radius 1 is 1.00 bits per heavy atom. The van der Waals surface area contributed by atoms with E-state index in [-0.39, 0.29) is 22.5 Å². The number of alkyl halides is 3. The number of pyridine rings is 1. The van der Waals surface area contributed by atoms with Crippen LogP contribution in [0.5, 0.6) is 0 Å². The van der Waals surface area contributed by atoms with Gasteiger partial charge in [0.05, 0.1) is 10.6 Å². The highest BCUT2D eigenvalue weighted by Gasteiger charge is 2.32. The molecule has 118 valence electrons. The van der Waals surface area contributed by atoms with Crippen LogP contribution in [0.1, 0.15) is 5.56 Å². The molecule has 2 heterocycles. The molecule has 0 radical (unpaired) electrons. The van der Waals surface area contributed by atoms with E-state index in [4.69, 9.17) is 27.6 Å². The Bertz CT molecular complexity index is 864. The lowest BCUT2D eigenvalue weighted by Gasteiger charge is -2.07. The summed E-state index contributed by atoms with van der Waals surface area (Å²) in [5.74, 6) is 0.0685. The van der Waals surface area contributed by atoms with E-state index in [0.29, 0.717) is 16.8 Å². The molecule has 2 aromatic heterocycles. The fourth-order valence-corrected chi connectivity index (χ4v) is 2.24. The van der Waals surface area contributed by atoms with Crippen LogP contribution in [0.25, 0.3) is 23.0 Å². The number of rotatable bonds is 2. The fourth-order valence-electron chi connectivity index (χ4n) is 1.81. The van der Waals surface area contributed by atoms with Gasteiger partial charge in [0.1, 0.15) is 5.69 Å². The van der Waals surface area contributed by atoms with Gasteiger partial charge < -0.3 is 4.42 Å². The van der Waals surface area contributed by atoms with Crippen molar-refractivity contribution in [1.29, 1.82) is 0 Å². The highest BCUT2D eigenvalue weighted by atomic mass is 35.5. The Morgan fingerprint density at radius 2 is 1.74 bits per heavy atom. The van der Waals surface area contributed by atoms with Gasteiger partial charge in [0.25, 0.3) is 5.89 Å². The molecule has 0 saturated carbocycles. The molecule has 0 aliphatic carbocycles. The van der Waals surface area contributed by atoms with Gasteiger partial charge in [0.15, 0.2) is 0 Å². The summed E-state index contributed by atoms with van der Waals surface area (Å²) in [7, 11) is 0. The summed E-state index contributed by atoms with van der Waals surface area (Å²) in [5, 5.41) is 7.82. The van der Waals surface area contributed by atoms with E-state index in [1.807, 2.05) is 0 Å². The van der Waals surface area contributed by atoms with E-state index in [0.717, 1.165) is 6.07 Å². The standard InChI is InChI=1S/C14H6Cl2F3N3O/c15-9-3-1-2-7(4-9)12-21-22-13(23-12)11-10(16)5-8(6-20-11)14(17,18)19/h1-6H. The van der Waals surface area contributed by atoms with Crippen LogP contribution in [0, 0.1) is 0 Å². The van der Waals surface area contributed by atoms with Gasteiger partial charge >= 0.3 is 6.18 Å². The van der Waals surface area contributed by atoms with Crippen molar-refractivity contribution in [2.24, 2.45) is 0 Å². The average molecular weight is 360 g/mol. The first-order valence-electron chi connectivity index (χ1n) is 6.17. The van der Waals surface area contributed by atoms with Crippen molar-refractivity contribution >= 4 is 23.2 Å². The van der Waals surface area contributed by atoms with E-state index in [1.54, 1.807) is 24.3 Å². The first kappa shape index (κ1) is 15.8. The Labute approximate surface area is 137 Å². The number of hydrogen-bond acceptors (Lipinski definition) is 4. The molecular weight excluding hydrogens is 354 g/mol. The van der Waals surface area contributed by atoms with Gasteiger partial charge in [-0.1, -0.05) is 29.3 Å². The molecule has 0 fully saturated rings. The van der Waals surface area contributed by atoms with Crippen LogP contribution in [0.4, 0.5) is 13.2 Å². The van der Waals surface area contributed by atoms with Crippen LogP contribution in [0.2, 0.25) is 10.0 Å². The van der Waals surface area contributed by atoms with Crippen molar-refractivity contribution in [2.75, 3.05) is 0 Å². The Balaban J connectivity index is 1.98. The highest BCUT2D eigenvalue weighted by molar-refractivity contribution is 6.32. The van der Waals surface area contributed by atoms with E-state index < -0.39 is 11.7 Å². The molecule has 4 nitrogen and oxygen atoms in total. The van der Waals surface area contributed by atoms with E-state index in [2.05, 4.69) is 15.2 Å². The number of nitrogens with zero attached hydrogens (tertiary/aromatic N) is 3. The number of benzene rings is 1. The molecule has 0 amide bonds. The summed E-state index contributed by atoms with van der Waals surface area (Å²) in [6.07, 6.45) is -3.87. The topological polar surface area (TPSA) is 51.8 Å². The minimum atomic E-state index is -4.53. The second-order valence-electron chi connectivity index (χ2n) is 4.47. The van der Waals surface area contributed by atoms with Gasteiger partial charge in [-0.15, -0.1) is 10.2 Å². The van der Waals surface area contributed by atoms with E-state index in [9.17, 15) is 13.2 Å². The van der Waals surface area contributed by atoms with Crippen molar-refractivity contribution in [3.63, 3.8) is 0 Å². The van der Waals surface area contributed by atoms with E-state index >= 15 is 0 Å². The zero-order valence-electron chi connectivity index (χ0n) is 11.1. The molecule has 23 heavy (non-hydrogen) atoms. The largest absolute Gasteiger partial charge is 0.417 e. The normalized spacial score (nSPS) is 11.7. The summed E-state index contributed by atoms with van der Waals surface area (Å²) in [6.45, 7) is 0. The lowest BCUT2D eigenvalue weighted by molar-refractivity contribution is -0.137. The second kappa shape index (κ2) is 5.82. The number of halogens is 5. The van der Waals surface area contributed by atoms with Gasteiger partial charge in [-0.3, -0.25) is 0 Å². The van der Waals surface area contributed by atoms with Gasteiger partial charge in [0.2, 0.25) is 5.89 Å². The Hall–Kier alpha value is -2.12. The Kier molecular flexibility index (Phi) is 3.99. The minimum Gasteiger partial charge on any atom is -0.415 e. The van der Waals surface area contributed by atoms with Crippen molar-refractivity contribution in [3.05, 3.63) is 52.1 Å². The zero-order valence-corrected chi connectivity index (χ0v) is 12.6. The van der Waals surface area contributed by atoms with Crippen molar-refractivity contribution in [1.82, 2.24) is 15.2 Å². The van der Waals surface area contributed by atoms with Crippen molar-refractivity contribution < 1.29 is 17.6 Å². The van der Waals surface area contributed by atoms with Crippen LogP contribution >= 0.6 is 23.2 Å². The average Bonchev–Trinajstić information content (AvgIpc) is 2.96. The zero-order chi connectivity index (χ0) is 16.6. The lowest BCUT2D eigenvalue weighted by Crippen LogP contribution is -2.05. The predicted molar refractivity (Wildman–Crippen MR) is 78.0 cm³/mol. The summed E-state index contributed by atoms with van der Waals surface area (Å²) in [5.41, 5.74) is -0.416. The van der Waals surface area contributed by atoms with Gasteiger partial charge in [0, 0.05) is 16.8 Å². The minimum absolute atomic E-state index is 0.0274. The van der Waals surface area contributed by atoms with Crippen molar-refractivity contribution in [2.45, 2.75) is 6.18 Å². The molecule has 0 aliphatic heterocycles. The third-order valence-corrected chi connectivity index (χ3v) is 3.39. The quantitative estimate of drug-likeness (QED) is 0.636. The molecule has 9 heteroatoms. The molecule has 0 spiro atoms. The molecule has 3 aromatic rings. The molecule has 0 unspecified atom stereocenters. The van der Waals surface area contributed by atoms with Crippen LogP contribution in [0.15, 0.2) is 40.9 Å². The monoisotopic (exact) mass is 359 g/mol. The molecule has 0 aliphatic rings. The van der Waals surface area contributed by atoms with Crippen LogP contribution in [-0.2, 0) is 6.18 Å². The summed E-state index contributed by atoms with van der Waals surface area (Å²) >= 11 is 11.7. The van der Waals surface area contributed by atoms with Gasteiger partial charge in [-0.05, 0) is 24.3 Å². The molecule has 3 rings (SSSR count). The second-order valence-corrected chi connectivity index (χ2v) is 5.32. The molecule has 0 atom stereocenters. The molecule has 0 N–H and O–H groups in total. The first-order chi connectivity index (χ1) is 10.8. The summed E-state index contributed by atoms with van der Waals surface area (Å²) < 4.78 is 43.2. The Morgan fingerprint density at radius 3 is 2.39 bits per heavy atom. The maximum atomic E-state index is 12.6. The molecule has 0 bridgehead atoms. The lowest BCUT2D eigenvalue weighted by atomic mass is 10.2. The van der Waals surface area contributed by atoms with Crippen molar-refractivity contribution in [3.8, 4) is 23.0 Å². The predicted octanol–water partition coefficient (Wildman–Crippen LogP) is 5.12. The summed E-state index contributed by atoms with van der Waals surface area (Å²) in [4.78, 5) is 3.67. The third-order valence-electron chi connectivity index (χ3n) is 2.87. The maximum Gasteiger partial charge on any atom is 0.417 e. The smallest absolute Gasteiger partial charge is 0.415 e. The number of hydrogen-bond donors (Lipinski definition) is 0. The SMILES string of the molecule is FC(F)(F)c1cnc(-c2nnc(-c3cccc(Cl)c3)o2)c(Cl)c1. The van der Waals surface area contributed by atoms with Crippen LogP contribution < -0.4 is 0 Å². The number of aromatic nitrogens is 3. The highest BCUT2D eigenvalue weighted by Crippen LogP contribution is 2.34. The van der Waals surface area contributed by atoms with Gasteiger partial charge in [-0.2, -0.15) is 13.2 Å². The summed E-state index contributed by atoms with van der Waals surface area (Å²) in [6, 6.07) is 7.44. The molecule has 0 saturated heterocycles. The van der Waals surface area contributed by atoms with Gasteiger partial charge in [-0.25, -0.2) is 4.98 Å². The maximum absolute atomic E-state index is 12.6. The van der Waals surface area contributed by atoms with E-state index in [1.165, 1.54) is 0 Å².